The number of aryl methyl sites for hydroxylation is 2. The molecule has 5 rings (SSSR count). The Labute approximate surface area is 249 Å². The molecular weight excluding hydrogens is 555 g/mol. The average molecular weight is 589 g/mol. The molecule has 1 amide bonds. The molecule has 1 saturated heterocycles. The van der Waals surface area contributed by atoms with Crippen molar-refractivity contribution in [3.05, 3.63) is 87.3 Å². The number of halogens is 2. The van der Waals surface area contributed by atoms with Crippen molar-refractivity contribution in [1.29, 1.82) is 0 Å². The third-order valence-electron chi connectivity index (χ3n) is 7.75. The van der Waals surface area contributed by atoms with Crippen LogP contribution < -0.4 is 10.6 Å². The molecule has 1 aliphatic heterocycles. The molecule has 0 N–H and O–H groups in total. The first-order valence-corrected chi connectivity index (χ1v) is 14.4. The van der Waals surface area contributed by atoms with Crippen LogP contribution in [-0.4, -0.2) is 55.5 Å². The predicted octanol–water partition coefficient (Wildman–Crippen LogP) is 5.99. The third kappa shape index (κ3) is 5.06. The summed E-state index contributed by atoms with van der Waals surface area (Å²) < 4.78 is 16.5. The Balaban J connectivity index is 1.84. The normalized spacial score (nSPS) is 17.3. The molecule has 42 heavy (non-hydrogen) atoms. The molecule has 0 radical (unpaired) electrons. The molecule has 8 nitrogen and oxygen atoms in total. The van der Waals surface area contributed by atoms with Gasteiger partial charge in [-0.15, -0.1) is 0 Å². The molecule has 4 heterocycles. The van der Waals surface area contributed by atoms with Gasteiger partial charge < -0.3 is 9.80 Å². The number of piperazine rings is 1. The average Bonchev–Trinajstić information content (AvgIpc) is 2.94. The Hall–Kier alpha value is -4.11. The van der Waals surface area contributed by atoms with Crippen molar-refractivity contribution in [2.75, 3.05) is 18.0 Å². The highest BCUT2D eigenvalue weighted by molar-refractivity contribution is 6.33. The maximum Gasteiger partial charge on any atom is 0.355 e. The van der Waals surface area contributed by atoms with Crippen LogP contribution in [0.5, 0.6) is 0 Å². The number of pyridine rings is 2. The predicted molar refractivity (Wildman–Crippen MR) is 165 cm³/mol. The van der Waals surface area contributed by atoms with Crippen LogP contribution in [0.1, 0.15) is 50.6 Å². The van der Waals surface area contributed by atoms with Crippen molar-refractivity contribution in [3.8, 4) is 16.9 Å². The van der Waals surface area contributed by atoms with Crippen LogP contribution in [0.25, 0.3) is 28.0 Å². The van der Waals surface area contributed by atoms with E-state index in [0.29, 0.717) is 35.6 Å². The number of fused-ring (bicyclic) bond motifs is 1. The highest BCUT2D eigenvalue weighted by Crippen LogP contribution is 2.36. The first-order valence-electron chi connectivity index (χ1n) is 14.0. The highest BCUT2D eigenvalue weighted by Gasteiger charge is 2.34. The minimum absolute atomic E-state index is 0.00471. The van der Waals surface area contributed by atoms with Crippen LogP contribution in [0.2, 0.25) is 5.02 Å². The topological polar surface area (TPSA) is 84.2 Å². The van der Waals surface area contributed by atoms with Gasteiger partial charge in [-0.05, 0) is 69.5 Å². The molecule has 2 atom stereocenters. The molecule has 0 saturated carbocycles. The fraction of sp³-hybridized carbons (Fsp3) is 0.344. The smallest absolute Gasteiger partial charge is 0.349 e. The zero-order chi connectivity index (χ0) is 30.5. The molecule has 0 aliphatic carbocycles. The summed E-state index contributed by atoms with van der Waals surface area (Å²) in [6.45, 7) is 16.3. The van der Waals surface area contributed by atoms with E-state index in [1.54, 1.807) is 29.2 Å². The molecule has 0 spiro atoms. The van der Waals surface area contributed by atoms with Gasteiger partial charge in [0.25, 0.3) is 0 Å². The summed E-state index contributed by atoms with van der Waals surface area (Å²) in [4.78, 5) is 44.6. The van der Waals surface area contributed by atoms with Crippen LogP contribution in [0.3, 0.4) is 0 Å². The van der Waals surface area contributed by atoms with E-state index in [9.17, 15) is 14.0 Å². The summed E-state index contributed by atoms with van der Waals surface area (Å²) in [6.07, 6.45) is 1.31. The lowest BCUT2D eigenvalue weighted by Crippen LogP contribution is -2.58. The highest BCUT2D eigenvalue weighted by atomic mass is 35.5. The number of rotatable bonds is 5. The molecule has 10 heteroatoms. The van der Waals surface area contributed by atoms with Crippen LogP contribution in [-0.2, 0) is 4.79 Å². The number of anilines is 1. The summed E-state index contributed by atoms with van der Waals surface area (Å²) >= 11 is 6.80. The Kier molecular flexibility index (Phi) is 7.90. The molecule has 0 bridgehead atoms. The monoisotopic (exact) mass is 588 g/mol. The van der Waals surface area contributed by atoms with Crippen LogP contribution in [0, 0.1) is 19.7 Å². The van der Waals surface area contributed by atoms with E-state index in [1.165, 1.54) is 16.7 Å². The van der Waals surface area contributed by atoms with Crippen molar-refractivity contribution < 1.29 is 9.18 Å². The summed E-state index contributed by atoms with van der Waals surface area (Å²) in [6, 6.07) is 9.55. The number of nitrogens with zero attached hydrogens (tertiary/aromatic N) is 6. The molecule has 218 valence electrons. The van der Waals surface area contributed by atoms with E-state index in [2.05, 4.69) is 11.6 Å². The summed E-state index contributed by atoms with van der Waals surface area (Å²) in [7, 11) is 0. The minimum Gasteiger partial charge on any atom is -0.349 e. The third-order valence-corrected chi connectivity index (χ3v) is 8.04. The second-order valence-corrected chi connectivity index (χ2v) is 11.6. The van der Waals surface area contributed by atoms with Crippen molar-refractivity contribution in [3.63, 3.8) is 0 Å². The lowest BCUT2D eigenvalue weighted by molar-refractivity contribution is -0.128. The Morgan fingerprint density at radius 3 is 2.48 bits per heavy atom. The summed E-state index contributed by atoms with van der Waals surface area (Å²) in [5.41, 5.74) is 3.21. The maximum atomic E-state index is 15.0. The van der Waals surface area contributed by atoms with E-state index >= 15 is 0 Å². The number of benzene rings is 1. The Bertz CT molecular complexity index is 1790. The zero-order valence-electron chi connectivity index (χ0n) is 24.7. The van der Waals surface area contributed by atoms with Crippen molar-refractivity contribution in [2.24, 2.45) is 0 Å². The second-order valence-electron chi connectivity index (χ2n) is 11.2. The fourth-order valence-corrected chi connectivity index (χ4v) is 6.02. The quantitative estimate of drug-likeness (QED) is 0.266. The van der Waals surface area contributed by atoms with E-state index in [1.807, 2.05) is 52.5 Å². The number of hydrogen-bond acceptors (Lipinski definition) is 6. The lowest BCUT2D eigenvalue weighted by atomic mass is 10.0. The van der Waals surface area contributed by atoms with Crippen molar-refractivity contribution in [1.82, 2.24) is 24.4 Å². The van der Waals surface area contributed by atoms with E-state index in [4.69, 9.17) is 21.6 Å². The number of carbonyl (C=O) groups is 1. The zero-order valence-corrected chi connectivity index (χ0v) is 25.4. The summed E-state index contributed by atoms with van der Waals surface area (Å²) in [5, 5.41) is 0.766. The maximum absolute atomic E-state index is 15.0. The van der Waals surface area contributed by atoms with Gasteiger partial charge in [-0.25, -0.2) is 18.7 Å². The van der Waals surface area contributed by atoms with E-state index < -0.39 is 11.5 Å². The van der Waals surface area contributed by atoms with Gasteiger partial charge in [-0.2, -0.15) is 4.98 Å². The lowest BCUT2D eigenvalue weighted by Gasteiger charge is -2.44. The SMILES string of the molecule is C=CC(=O)N1C[C@H](C)N(c2nc(=O)n(-c3c(C)cc(C)nc3C(C)C)c3nc(-c4ccccc4F)c(Cl)cc23)C[C@H]1C. The van der Waals surface area contributed by atoms with Gasteiger partial charge >= 0.3 is 5.69 Å². The number of aromatic nitrogens is 4. The summed E-state index contributed by atoms with van der Waals surface area (Å²) in [5.74, 6) is -0.217. The van der Waals surface area contributed by atoms with Gasteiger partial charge in [0.15, 0.2) is 5.65 Å². The van der Waals surface area contributed by atoms with Gasteiger partial charge in [-0.1, -0.05) is 44.2 Å². The van der Waals surface area contributed by atoms with Crippen LogP contribution >= 0.6 is 11.6 Å². The van der Waals surface area contributed by atoms with Crippen molar-refractivity contribution >= 4 is 34.4 Å². The van der Waals surface area contributed by atoms with Crippen molar-refractivity contribution in [2.45, 2.75) is 59.5 Å². The van der Waals surface area contributed by atoms with Gasteiger partial charge in [-0.3, -0.25) is 9.78 Å². The number of carbonyl (C=O) groups excluding carboxylic acids is 1. The van der Waals surface area contributed by atoms with E-state index in [0.717, 1.165) is 17.0 Å². The standard InChI is InChI=1S/C32H34ClFN6O2/c1-8-26(41)38-15-21(7)39(16-20(38)6)30-23-14-24(33)28(22-11-9-10-12-25(22)34)36-31(23)40(32(42)37-30)29-18(4)13-19(5)35-27(29)17(2)3/h8-14,17,20-21H,1,15-16H2,2-7H3/t20-,21+/m1/s1. The largest absolute Gasteiger partial charge is 0.355 e. The molecular formula is C32H34ClFN6O2. The van der Waals surface area contributed by atoms with Gasteiger partial charge in [0, 0.05) is 36.4 Å². The number of hydrogen-bond donors (Lipinski definition) is 0. The van der Waals surface area contributed by atoms with Crippen LogP contribution in [0.4, 0.5) is 10.2 Å². The van der Waals surface area contributed by atoms with E-state index in [-0.39, 0.29) is 40.2 Å². The molecule has 1 aliphatic rings. The van der Waals surface area contributed by atoms with Crippen LogP contribution in [0.15, 0.2) is 53.8 Å². The second kappa shape index (κ2) is 11.3. The minimum atomic E-state index is -0.535. The van der Waals surface area contributed by atoms with Gasteiger partial charge in [0.1, 0.15) is 11.6 Å². The molecule has 1 fully saturated rings. The van der Waals surface area contributed by atoms with Gasteiger partial charge in [0.2, 0.25) is 5.91 Å². The fourth-order valence-electron chi connectivity index (χ4n) is 5.77. The first kappa shape index (κ1) is 29.4. The molecule has 0 unspecified atom stereocenters. The Morgan fingerprint density at radius 2 is 1.81 bits per heavy atom. The first-order chi connectivity index (χ1) is 19.9. The molecule has 4 aromatic rings. The van der Waals surface area contributed by atoms with Gasteiger partial charge in [0.05, 0.1) is 27.5 Å². The number of amides is 1. The Morgan fingerprint density at radius 1 is 1.10 bits per heavy atom. The molecule has 1 aromatic carbocycles. The molecule has 3 aromatic heterocycles.